The van der Waals surface area contributed by atoms with E-state index in [4.69, 9.17) is 16.7 Å². The van der Waals surface area contributed by atoms with Crippen LogP contribution in [0.3, 0.4) is 0 Å². The molecule has 0 radical (unpaired) electrons. The van der Waals surface area contributed by atoms with Crippen LogP contribution < -0.4 is 10.9 Å². The first-order valence-electron chi connectivity index (χ1n) is 6.97. The van der Waals surface area contributed by atoms with Crippen molar-refractivity contribution in [1.82, 2.24) is 9.78 Å². The third kappa shape index (κ3) is 2.93. The second-order valence-electron chi connectivity index (χ2n) is 5.32. The van der Waals surface area contributed by atoms with Crippen molar-refractivity contribution in [2.75, 3.05) is 5.32 Å². The molecule has 3 N–H and O–H groups in total. The zero-order valence-electron chi connectivity index (χ0n) is 11.9. The van der Waals surface area contributed by atoms with E-state index in [2.05, 4.69) is 10.4 Å². The minimum atomic E-state index is -1.18. The fourth-order valence-corrected chi connectivity index (χ4v) is 2.92. The molecule has 1 aromatic heterocycles. The number of aliphatic carboxylic acids is 1. The number of carbonyl (C=O) groups is 1. The Labute approximate surface area is 136 Å². The van der Waals surface area contributed by atoms with Crippen LogP contribution in [0.15, 0.2) is 35.3 Å². The quantitative estimate of drug-likeness (QED) is 0.771. The fourth-order valence-electron chi connectivity index (χ4n) is 2.72. The van der Waals surface area contributed by atoms with E-state index in [1.165, 1.54) is 6.20 Å². The average Bonchev–Trinajstić information content (AvgIpc) is 2.82. The number of carboxylic acid groups (broad SMARTS) is 1. The van der Waals surface area contributed by atoms with Gasteiger partial charge in [0.1, 0.15) is 11.6 Å². The van der Waals surface area contributed by atoms with Gasteiger partial charge in [0, 0.05) is 6.42 Å². The third-order valence-corrected chi connectivity index (χ3v) is 4.15. The van der Waals surface area contributed by atoms with Gasteiger partial charge < -0.3 is 15.5 Å². The van der Waals surface area contributed by atoms with Crippen LogP contribution in [-0.4, -0.2) is 32.1 Å². The standard InChI is InChI=1S/C15H14ClN3O4/c16-13-10(6-17-19(15(13)23)7-12(21)22)18-14-9-4-2-1-3-8(9)5-11(14)20/h1-4,6,11,14,18,20H,5,7H2,(H,21,22)/t11-,14-/m1/s1. The third-order valence-electron chi connectivity index (χ3n) is 3.78. The number of halogens is 1. The summed E-state index contributed by atoms with van der Waals surface area (Å²) >= 11 is 6.02. The first-order chi connectivity index (χ1) is 11.0. The van der Waals surface area contributed by atoms with Gasteiger partial charge in [-0.1, -0.05) is 35.9 Å². The maximum Gasteiger partial charge on any atom is 0.325 e. The molecule has 8 heteroatoms. The largest absolute Gasteiger partial charge is 0.480 e. The number of hydrogen-bond donors (Lipinski definition) is 3. The molecule has 23 heavy (non-hydrogen) atoms. The Balaban J connectivity index is 1.91. The number of anilines is 1. The summed E-state index contributed by atoms with van der Waals surface area (Å²) in [6.45, 7) is -0.562. The molecule has 0 spiro atoms. The van der Waals surface area contributed by atoms with Gasteiger partial charge in [-0.2, -0.15) is 5.10 Å². The van der Waals surface area contributed by atoms with Gasteiger partial charge in [0.2, 0.25) is 0 Å². The van der Waals surface area contributed by atoms with Crippen molar-refractivity contribution in [1.29, 1.82) is 0 Å². The Bertz CT molecular complexity index is 821. The Morgan fingerprint density at radius 1 is 1.43 bits per heavy atom. The number of aliphatic hydroxyl groups excluding tert-OH is 1. The molecule has 1 aromatic carbocycles. The first kappa shape index (κ1) is 15.5. The van der Waals surface area contributed by atoms with E-state index in [0.717, 1.165) is 15.8 Å². The van der Waals surface area contributed by atoms with E-state index in [0.29, 0.717) is 6.42 Å². The lowest BCUT2D eigenvalue weighted by atomic mass is 10.1. The highest BCUT2D eigenvalue weighted by molar-refractivity contribution is 6.32. The van der Waals surface area contributed by atoms with Crippen molar-refractivity contribution in [2.24, 2.45) is 0 Å². The minimum Gasteiger partial charge on any atom is -0.480 e. The number of benzene rings is 1. The molecule has 1 heterocycles. The summed E-state index contributed by atoms with van der Waals surface area (Å²) in [7, 11) is 0. The van der Waals surface area contributed by atoms with Crippen LogP contribution in [0.2, 0.25) is 5.02 Å². The summed E-state index contributed by atoms with van der Waals surface area (Å²) in [6.07, 6.45) is 1.15. The normalized spacial score (nSPS) is 19.4. The zero-order chi connectivity index (χ0) is 16.6. The second kappa shape index (κ2) is 6.02. The van der Waals surface area contributed by atoms with E-state index in [1.54, 1.807) is 0 Å². The predicted octanol–water partition coefficient (Wildman–Crippen LogP) is 1.05. The average molecular weight is 336 g/mol. The van der Waals surface area contributed by atoms with E-state index >= 15 is 0 Å². The summed E-state index contributed by atoms with van der Waals surface area (Å²) in [5.41, 5.74) is 1.53. The summed E-state index contributed by atoms with van der Waals surface area (Å²) in [5.74, 6) is -1.18. The number of rotatable bonds is 4. The van der Waals surface area contributed by atoms with Crippen LogP contribution in [0.25, 0.3) is 0 Å². The molecule has 0 amide bonds. The molecule has 1 aliphatic rings. The summed E-state index contributed by atoms with van der Waals surface area (Å²) in [6, 6.07) is 7.20. The molecule has 0 unspecified atom stereocenters. The Morgan fingerprint density at radius 3 is 2.91 bits per heavy atom. The molecule has 0 fully saturated rings. The molecule has 2 aromatic rings. The number of nitrogens with one attached hydrogen (secondary N) is 1. The molecule has 1 aliphatic carbocycles. The maximum absolute atomic E-state index is 12.0. The highest BCUT2D eigenvalue weighted by atomic mass is 35.5. The zero-order valence-corrected chi connectivity index (χ0v) is 12.7. The van der Waals surface area contributed by atoms with Crippen LogP contribution in [-0.2, 0) is 17.8 Å². The Hall–Kier alpha value is -2.38. The summed E-state index contributed by atoms with van der Waals surface area (Å²) in [5, 5.41) is 25.6. The number of fused-ring (bicyclic) bond motifs is 1. The maximum atomic E-state index is 12.0. The number of aromatic nitrogens is 2. The fraction of sp³-hybridized carbons (Fsp3) is 0.267. The number of hydrogen-bond acceptors (Lipinski definition) is 5. The monoisotopic (exact) mass is 335 g/mol. The van der Waals surface area contributed by atoms with Gasteiger partial charge in [0.05, 0.1) is 24.0 Å². The summed E-state index contributed by atoms with van der Waals surface area (Å²) < 4.78 is 0.773. The predicted molar refractivity (Wildman–Crippen MR) is 83.7 cm³/mol. The number of nitrogens with zero attached hydrogens (tertiary/aromatic N) is 2. The minimum absolute atomic E-state index is 0.155. The van der Waals surface area contributed by atoms with Crippen LogP contribution in [0.5, 0.6) is 0 Å². The van der Waals surface area contributed by atoms with Crippen molar-refractivity contribution in [2.45, 2.75) is 25.1 Å². The lowest BCUT2D eigenvalue weighted by Crippen LogP contribution is -2.29. The molecule has 0 saturated carbocycles. The van der Waals surface area contributed by atoms with E-state index in [-0.39, 0.29) is 10.7 Å². The molecule has 7 nitrogen and oxygen atoms in total. The van der Waals surface area contributed by atoms with Crippen molar-refractivity contribution in [3.63, 3.8) is 0 Å². The van der Waals surface area contributed by atoms with Gasteiger partial charge in [-0.15, -0.1) is 0 Å². The van der Waals surface area contributed by atoms with Crippen molar-refractivity contribution in [3.8, 4) is 0 Å². The van der Waals surface area contributed by atoms with Gasteiger partial charge in [-0.05, 0) is 11.1 Å². The van der Waals surface area contributed by atoms with Crippen LogP contribution in [0.4, 0.5) is 5.69 Å². The Kier molecular flexibility index (Phi) is 4.06. The molecular weight excluding hydrogens is 322 g/mol. The molecule has 0 bridgehead atoms. The highest BCUT2D eigenvalue weighted by Gasteiger charge is 2.31. The molecule has 120 valence electrons. The smallest absolute Gasteiger partial charge is 0.325 e. The van der Waals surface area contributed by atoms with Crippen LogP contribution >= 0.6 is 11.6 Å². The molecule has 0 saturated heterocycles. The van der Waals surface area contributed by atoms with Gasteiger partial charge in [0.25, 0.3) is 5.56 Å². The van der Waals surface area contributed by atoms with E-state index in [1.807, 2.05) is 24.3 Å². The van der Waals surface area contributed by atoms with Crippen LogP contribution in [0.1, 0.15) is 17.2 Å². The highest BCUT2D eigenvalue weighted by Crippen LogP contribution is 2.34. The van der Waals surface area contributed by atoms with E-state index in [9.17, 15) is 14.7 Å². The van der Waals surface area contributed by atoms with Gasteiger partial charge in [0.15, 0.2) is 0 Å². The lowest BCUT2D eigenvalue weighted by molar-refractivity contribution is -0.138. The molecule has 0 aliphatic heterocycles. The van der Waals surface area contributed by atoms with Crippen LogP contribution in [0, 0.1) is 0 Å². The molecular formula is C15H14ClN3O4. The van der Waals surface area contributed by atoms with Crippen molar-refractivity contribution < 1.29 is 15.0 Å². The van der Waals surface area contributed by atoms with Gasteiger partial charge in [-0.3, -0.25) is 9.59 Å². The number of aliphatic hydroxyl groups is 1. The first-order valence-corrected chi connectivity index (χ1v) is 7.35. The second-order valence-corrected chi connectivity index (χ2v) is 5.70. The lowest BCUT2D eigenvalue weighted by Gasteiger charge is -2.19. The van der Waals surface area contributed by atoms with Crippen molar-refractivity contribution in [3.05, 3.63) is 57.0 Å². The molecule has 2 atom stereocenters. The topological polar surface area (TPSA) is 104 Å². The van der Waals surface area contributed by atoms with Gasteiger partial charge in [-0.25, -0.2) is 4.68 Å². The number of carboxylic acids is 1. The SMILES string of the molecule is O=C(O)Cn1ncc(N[C@@H]2c3ccccc3C[C@H]2O)c(Cl)c1=O. The molecule has 3 rings (SSSR count). The summed E-state index contributed by atoms with van der Waals surface area (Å²) in [4.78, 5) is 22.7. The van der Waals surface area contributed by atoms with Gasteiger partial charge >= 0.3 is 5.97 Å². The Morgan fingerprint density at radius 2 is 2.17 bits per heavy atom. The van der Waals surface area contributed by atoms with Crippen molar-refractivity contribution >= 4 is 23.3 Å². The van der Waals surface area contributed by atoms with E-state index < -0.39 is 30.2 Å².